The average Bonchev–Trinajstić information content (AvgIpc) is 3.11. The topological polar surface area (TPSA) is 44.3 Å². The molecular weight excluding hydrogens is 292 g/mol. The second-order valence-electron chi connectivity index (χ2n) is 6.56. The first-order valence-corrected chi connectivity index (χ1v) is 8.40. The lowest BCUT2D eigenvalue weighted by molar-refractivity contribution is 0.392. The van der Waals surface area contributed by atoms with Crippen molar-refractivity contribution in [3.63, 3.8) is 0 Å². The van der Waals surface area contributed by atoms with Gasteiger partial charge in [0, 0.05) is 22.5 Å². The van der Waals surface area contributed by atoms with E-state index in [-0.39, 0.29) is 0 Å². The summed E-state index contributed by atoms with van der Waals surface area (Å²) in [4.78, 5) is 0. The molecule has 2 bridgehead atoms. The number of hydrogen-bond donors (Lipinski definition) is 3. The molecule has 3 N–H and O–H groups in total. The van der Waals surface area contributed by atoms with Gasteiger partial charge < -0.3 is 15.7 Å². The van der Waals surface area contributed by atoms with Gasteiger partial charge in [-0.05, 0) is 55.4 Å². The number of rotatable bonds is 2. The Hall–Kier alpha value is -1.81. The largest absolute Gasteiger partial charge is 0.507 e. The molecule has 0 radical (unpaired) electrons. The molecule has 2 aromatic rings. The standard InChI is InChI=1S/C18H20N2OS/c21-17-6-2-3-13-14(17)4-1-5-15(13)19-18(22)20-16-10-11-7-8-12(16)9-11/h1-6,11-12,16,21H,7-10H2,(H2,19,20,22)/t11-,12+,16-/m0/s1. The predicted molar refractivity (Wildman–Crippen MR) is 94.2 cm³/mol. The van der Waals surface area contributed by atoms with Crippen molar-refractivity contribution in [1.82, 2.24) is 5.32 Å². The van der Waals surface area contributed by atoms with E-state index in [4.69, 9.17) is 12.2 Å². The van der Waals surface area contributed by atoms with E-state index < -0.39 is 0 Å². The van der Waals surface area contributed by atoms with Crippen LogP contribution in [0, 0.1) is 11.8 Å². The van der Waals surface area contributed by atoms with Crippen LogP contribution in [0.2, 0.25) is 0 Å². The van der Waals surface area contributed by atoms with Gasteiger partial charge in [0.25, 0.3) is 0 Å². The lowest BCUT2D eigenvalue weighted by Gasteiger charge is -2.24. The predicted octanol–water partition coefficient (Wildman–Crippen LogP) is 4.02. The van der Waals surface area contributed by atoms with Gasteiger partial charge in [-0.3, -0.25) is 0 Å². The number of nitrogens with one attached hydrogen (secondary N) is 2. The van der Waals surface area contributed by atoms with Crippen molar-refractivity contribution >= 4 is 33.8 Å². The van der Waals surface area contributed by atoms with Crippen LogP contribution < -0.4 is 10.6 Å². The molecule has 2 fully saturated rings. The molecule has 114 valence electrons. The quantitative estimate of drug-likeness (QED) is 0.733. The van der Waals surface area contributed by atoms with Gasteiger partial charge in [-0.25, -0.2) is 0 Å². The minimum Gasteiger partial charge on any atom is -0.507 e. The molecule has 3 nitrogen and oxygen atoms in total. The first kappa shape index (κ1) is 13.8. The Labute approximate surface area is 135 Å². The molecule has 0 unspecified atom stereocenters. The minimum absolute atomic E-state index is 0.299. The van der Waals surface area contributed by atoms with Gasteiger partial charge in [-0.15, -0.1) is 0 Å². The Morgan fingerprint density at radius 1 is 1.05 bits per heavy atom. The zero-order chi connectivity index (χ0) is 15.1. The number of benzene rings is 2. The van der Waals surface area contributed by atoms with E-state index in [1.807, 2.05) is 30.3 Å². The summed E-state index contributed by atoms with van der Waals surface area (Å²) in [6.45, 7) is 0. The maximum atomic E-state index is 9.95. The van der Waals surface area contributed by atoms with Gasteiger partial charge in [0.1, 0.15) is 5.75 Å². The van der Waals surface area contributed by atoms with Gasteiger partial charge in [0.15, 0.2) is 5.11 Å². The third kappa shape index (κ3) is 2.41. The van der Waals surface area contributed by atoms with Crippen LogP contribution in [0.1, 0.15) is 25.7 Å². The molecule has 2 aliphatic carbocycles. The summed E-state index contributed by atoms with van der Waals surface area (Å²) in [5, 5.41) is 19.3. The highest BCUT2D eigenvalue weighted by Gasteiger charge is 2.39. The number of phenolic OH excluding ortho intramolecular Hbond substituents is 1. The summed E-state index contributed by atoms with van der Waals surface area (Å²) >= 11 is 5.50. The summed E-state index contributed by atoms with van der Waals surface area (Å²) in [6, 6.07) is 11.9. The van der Waals surface area contributed by atoms with Crippen LogP contribution in [0.4, 0.5) is 5.69 Å². The molecule has 0 saturated heterocycles. The molecule has 0 aliphatic heterocycles. The molecule has 0 spiro atoms. The summed E-state index contributed by atoms with van der Waals surface area (Å²) in [7, 11) is 0. The normalized spacial score (nSPS) is 26.3. The minimum atomic E-state index is 0.299. The molecule has 2 aliphatic rings. The molecule has 3 atom stereocenters. The van der Waals surface area contributed by atoms with Gasteiger partial charge in [0.2, 0.25) is 0 Å². The molecule has 0 amide bonds. The number of phenols is 1. The van der Waals surface area contributed by atoms with Crippen molar-refractivity contribution < 1.29 is 5.11 Å². The lowest BCUT2D eigenvalue weighted by Crippen LogP contribution is -2.40. The summed E-state index contributed by atoms with van der Waals surface area (Å²) in [5.41, 5.74) is 0.939. The van der Waals surface area contributed by atoms with Crippen LogP contribution in [-0.4, -0.2) is 16.3 Å². The summed E-state index contributed by atoms with van der Waals surface area (Å²) < 4.78 is 0. The molecule has 0 aromatic heterocycles. The fourth-order valence-corrected chi connectivity index (χ4v) is 4.41. The Balaban J connectivity index is 1.51. The van der Waals surface area contributed by atoms with Crippen LogP contribution in [0.5, 0.6) is 5.75 Å². The SMILES string of the molecule is Oc1cccc2c(NC(=S)N[C@H]3C[C@H]4CC[C@@H]3C4)cccc12. The van der Waals surface area contributed by atoms with Crippen molar-refractivity contribution in [3.05, 3.63) is 36.4 Å². The maximum absolute atomic E-state index is 9.95. The highest BCUT2D eigenvalue weighted by Crippen LogP contribution is 2.44. The third-order valence-electron chi connectivity index (χ3n) is 5.20. The van der Waals surface area contributed by atoms with Crippen molar-refractivity contribution in [2.75, 3.05) is 5.32 Å². The number of thiocarbonyl (C=S) groups is 1. The smallest absolute Gasteiger partial charge is 0.171 e. The van der Waals surface area contributed by atoms with Crippen LogP contribution >= 0.6 is 12.2 Å². The highest BCUT2D eigenvalue weighted by molar-refractivity contribution is 7.80. The fourth-order valence-electron chi connectivity index (χ4n) is 4.15. The fraction of sp³-hybridized carbons (Fsp3) is 0.389. The number of fused-ring (bicyclic) bond motifs is 3. The first-order valence-electron chi connectivity index (χ1n) is 7.99. The first-order chi connectivity index (χ1) is 10.7. The van der Waals surface area contributed by atoms with Crippen molar-refractivity contribution in [2.45, 2.75) is 31.7 Å². The van der Waals surface area contributed by atoms with E-state index in [1.54, 1.807) is 6.07 Å². The van der Waals surface area contributed by atoms with Gasteiger partial charge in [0.05, 0.1) is 0 Å². The van der Waals surface area contributed by atoms with Crippen molar-refractivity contribution in [3.8, 4) is 5.75 Å². The lowest BCUT2D eigenvalue weighted by atomic mass is 9.95. The molecule has 0 heterocycles. The van der Waals surface area contributed by atoms with Gasteiger partial charge in [-0.1, -0.05) is 30.7 Å². The zero-order valence-corrected chi connectivity index (χ0v) is 13.2. The second-order valence-corrected chi connectivity index (χ2v) is 6.97. The van der Waals surface area contributed by atoms with Crippen LogP contribution in [0.25, 0.3) is 10.8 Å². The highest BCUT2D eigenvalue weighted by atomic mass is 32.1. The monoisotopic (exact) mass is 312 g/mol. The van der Waals surface area contributed by atoms with E-state index in [9.17, 15) is 5.11 Å². The number of anilines is 1. The van der Waals surface area contributed by atoms with Crippen molar-refractivity contribution in [1.29, 1.82) is 0 Å². The zero-order valence-electron chi connectivity index (χ0n) is 12.4. The average molecular weight is 312 g/mol. The molecule has 2 aromatic carbocycles. The van der Waals surface area contributed by atoms with E-state index in [2.05, 4.69) is 10.6 Å². The third-order valence-corrected chi connectivity index (χ3v) is 5.42. The second kappa shape index (κ2) is 5.43. The van der Waals surface area contributed by atoms with Gasteiger partial charge in [-0.2, -0.15) is 0 Å². The Morgan fingerprint density at radius 2 is 1.86 bits per heavy atom. The number of aromatic hydroxyl groups is 1. The number of hydrogen-bond acceptors (Lipinski definition) is 2. The molecule has 2 saturated carbocycles. The van der Waals surface area contributed by atoms with E-state index in [0.717, 1.165) is 28.3 Å². The van der Waals surface area contributed by atoms with Crippen LogP contribution in [-0.2, 0) is 0 Å². The molecular formula is C18H20N2OS. The van der Waals surface area contributed by atoms with Crippen molar-refractivity contribution in [2.24, 2.45) is 11.8 Å². The maximum Gasteiger partial charge on any atom is 0.171 e. The molecule has 4 heteroatoms. The molecule has 4 rings (SSSR count). The Bertz CT molecular complexity index is 730. The Kier molecular flexibility index (Phi) is 3.41. The van der Waals surface area contributed by atoms with Crippen LogP contribution in [0.15, 0.2) is 36.4 Å². The summed E-state index contributed by atoms with van der Waals surface area (Å²) in [6.07, 6.45) is 5.35. The van der Waals surface area contributed by atoms with E-state index in [1.165, 1.54) is 25.7 Å². The Morgan fingerprint density at radius 3 is 2.64 bits per heavy atom. The van der Waals surface area contributed by atoms with E-state index >= 15 is 0 Å². The molecule has 22 heavy (non-hydrogen) atoms. The summed E-state index contributed by atoms with van der Waals surface area (Å²) in [5.74, 6) is 1.99. The van der Waals surface area contributed by atoms with E-state index in [0.29, 0.717) is 16.9 Å². The van der Waals surface area contributed by atoms with Crippen LogP contribution in [0.3, 0.4) is 0 Å². The van der Waals surface area contributed by atoms with Gasteiger partial charge >= 0.3 is 0 Å².